The number of ketones is 2. The molecular weight excluding hydrogens is 404 g/mol. The van der Waals surface area contributed by atoms with Gasteiger partial charge in [-0.15, -0.1) is 6.58 Å². The summed E-state index contributed by atoms with van der Waals surface area (Å²) in [6.45, 7) is 3.74. The second kappa shape index (κ2) is 15.3. The van der Waals surface area contributed by atoms with Crippen molar-refractivity contribution in [1.82, 2.24) is 0 Å². The average molecular weight is 416 g/mol. The average Bonchev–Trinajstić information content (AvgIpc) is 2.52. The Hall–Kier alpha value is 0.400. The molecule has 0 radical (unpaired) electrons. The molecule has 1 aliphatic carbocycles. The summed E-state index contributed by atoms with van der Waals surface area (Å²) in [6.07, 6.45) is 5.68. The molecule has 27 heavy (non-hydrogen) atoms. The molecule has 1 unspecified atom stereocenters. The maximum absolute atomic E-state index is 11.8. The van der Waals surface area contributed by atoms with Crippen LogP contribution >= 0.6 is 7.60 Å². The van der Waals surface area contributed by atoms with Gasteiger partial charge < -0.3 is 24.3 Å². The van der Waals surface area contributed by atoms with E-state index in [0.29, 0.717) is 5.57 Å². The van der Waals surface area contributed by atoms with E-state index < -0.39 is 13.3 Å². The van der Waals surface area contributed by atoms with Gasteiger partial charge >= 0.3 is 88.7 Å². The zero-order valence-electron chi connectivity index (χ0n) is 15.3. The van der Waals surface area contributed by atoms with E-state index in [0.717, 1.165) is 5.56 Å². The normalized spacial score (nSPS) is 13.3. The summed E-state index contributed by atoms with van der Waals surface area (Å²) in [4.78, 5) is 50.4. The Morgan fingerprint density at radius 1 is 1.04 bits per heavy atom. The molecule has 0 saturated heterocycles. The predicted octanol–water partition coefficient (Wildman–Crippen LogP) is -9.15. The first-order valence-electron chi connectivity index (χ1n) is 6.56. The van der Waals surface area contributed by atoms with Gasteiger partial charge in [0.2, 0.25) is 0 Å². The maximum Gasteiger partial charge on any atom is 1.00 e. The number of allylic oxidation sites excluding steroid dienone is 5. The van der Waals surface area contributed by atoms with Crippen LogP contribution in [0.1, 0.15) is 11.5 Å². The summed E-state index contributed by atoms with van der Waals surface area (Å²) >= 11 is 0. The van der Waals surface area contributed by atoms with Crippen molar-refractivity contribution in [2.24, 2.45) is 0 Å². The van der Waals surface area contributed by atoms with Crippen LogP contribution in [0.15, 0.2) is 66.8 Å². The molecule has 0 N–H and O–H groups in total. The van der Waals surface area contributed by atoms with Crippen molar-refractivity contribution in [3.8, 4) is 0 Å². The van der Waals surface area contributed by atoms with Crippen LogP contribution in [0, 0.1) is 0 Å². The Labute approximate surface area is 223 Å². The third-order valence-corrected chi connectivity index (χ3v) is 3.38. The molecule has 0 heterocycles. The standard InChI is InChI=1S/C15H12O2.CH3O5P.3Na/c1-2-13(11-6-4-3-5-7-11)14-10-12(16)8-9-15(14)17;2-1(3)7(4,5)6;;;/h2-10,13H,1H2;(H,2,3)(H2,4,5,6);;;/q;;3*+1/p-3. The molecule has 0 aliphatic heterocycles. The molecule has 0 saturated carbocycles. The summed E-state index contributed by atoms with van der Waals surface area (Å²) in [6, 6.07) is 9.55. The fourth-order valence-electron chi connectivity index (χ4n) is 1.87. The van der Waals surface area contributed by atoms with E-state index in [1.165, 1.54) is 18.2 Å². The second-order valence-electron chi connectivity index (χ2n) is 4.59. The molecule has 11 heteroatoms. The number of hydrogen-bond acceptors (Lipinski definition) is 7. The van der Waals surface area contributed by atoms with Crippen LogP contribution in [-0.2, 0) is 14.2 Å². The third-order valence-electron chi connectivity index (χ3n) is 2.93. The Bertz CT molecular complexity index is 769. The Kier molecular flexibility index (Phi) is 18.1. The van der Waals surface area contributed by atoms with E-state index in [9.17, 15) is 9.59 Å². The molecule has 1 aromatic carbocycles. The first-order valence-corrected chi connectivity index (χ1v) is 8.10. The third kappa shape index (κ3) is 11.2. The van der Waals surface area contributed by atoms with Crippen LogP contribution in [-0.4, -0.2) is 17.3 Å². The van der Waals surface area contributed by atoms with Crippen LogP contribution in [0.2, 0.25) is 0 Å². The van der Waals surface area contributed by atoms with E-state index in [1.54, 1.807) is 6.08 Å². The summed E-state index contributed by atoms with van der Waals surface area (Å²) in [7, 11) is -5.43. The molecule has 0 amide bonds. The zero-order valence-corrected chi connectivity index (χ0v) is 22.2. The minimum absolute atomic E-state index is 0. The van der Waals surface area contributed by atoms with Gasteiger partial charge in [0, 0.05) is 11.5 Å². The first kappa shape index (κ1) is 32.1. The molecule has 1 atom stereocenters. The van der Waals surface area contributed by atoms with Crippen molar-refractivity contribution in [2.45, 2.75) is 5.92 Å². The van der Waals surface area contributed by atoms with Gasteiger partial charge in [-0.2, -0.15) is 0 Å². The number of hydrogen-bond donors (Lipinski definition) is 0. The number of rotatable bonds is 4. The van der Waals surface area contributed by atoms with Gasteiger partial charge in [-0.05, 0) is 31.4 Å². The molecule has 0 aromatic heterocycles. The molecular formula is C16H12Na3O7P. The van der Waals surface area contributed by atoms with E-state index in [1.807, 2.05) is 30.3 Å². The van der Waals surface area contributed by atoms with Gasteiger partial charge in [-0.3, -0.25) is 9.59 Å². The SMILES string of the molecule is C=CC(C1=CC(=O)C=CC1=O)c1ccccc1.O=C([O-])P(=O)([O-])[O-].[Na+].[Na+].[Na+]. The number of benzene rings is 1. The number of carboxylic acid groups (broad SMARTS) is 1. The van der Waals surface area contributed by atoms with E-state index in [4.69, 9.17) is 24.3 Å². The van der Waals surface area contributed by atoms with Crippen molar-refractivity contribution in [2.75, 3.05) is 0 Å². The van der Waals surface area contributed by atoms with Crippen LogP contribution < -0.4 is 104 Å². The summed E-state index contributed by atoms with van der Waals surface area (Å²) in [5.74, 6) is -0.502. The summed E-state index contributed by atoms with van der Waals surface area (Å²) in [5, 5.41) is 9.02. The van der Waals surface area contributed by atoms with E-state index in [2.05, 4.69) is 6.58 Å². The van der Waals surface area contributed by atoms with E-state index in [-0.39, 0.29) is 106 Å². The molecule has 7 nitrogen and oxygen atoms in total. The number of carbonyl (C=O) groups is 3. The zero-order chi connectivity index (χ0) is 18.3. The maximum atomic E-state index is 11.8. The van der Waals surface area contributed by atoms with Gasteiger partial charge in [0.15, 0.2) is 11.6 Å². The molecule has 2 rings (SSSR count). The molecule has 0 bridgehead atoms. The van der Waals surface area contributed by atoms with Gasteiger partial charge in [-0.25, -0.2) is 0 Å². The number of carbonyl (C=O) groups excluding carboxylic acids is 3. The van der Waals surface area contributed by atoms with Gasteiger partial charge in [-0.1, -0.05) is 36.4 Å². The van der Waals surface area contributed by atoms with Crippen molar-refractivity contribution >= 4 is 24.9 Å². The van der Waals surface area contributed by atoms with Crippen LogP contribution in [0.25, 0.3) is 0 Å². The van der Waals surface area contributed by atoms with Crippen LogP contribution in [0.3, 0.4) is 0 Å². The fourth-order valence-corrected chi connectivity index (χ4v) is 1.87. The molecule has 1 aliphatic rings. The van der Waals surface area contributed by atoms with E-state index >= 15 is 0 Å². The van der Waals surface area contributed by atoms with Gasteiger partial charge in [0.1, 0.15) is 0 Å². The summed E-state index contributed by atoms with van der Waals surface area (Å²) < 4.78 is 9.14. The molecule has 1 aromatic rings. The van der Waals surface area contributed by atoms with Crippen LogP contribution in [0.5, 0.6) is 0 Å². The quantitative estimate of drug-likeness (QED) is 0.206. The predicted molar refractivity (Wildman–Crippen MR) is 79.6 cm³/mol. The largest absolute Gasteiger partial charge is 1.00 e. The minimum Gasteiger partial charge on any atom is -0.807 e. The second-order valence-corrected chi connectivity index (χ2v) is 5.95. The Balaban J connectivity index is -0.000000504. The fraction of sp³-hybridized carbons (Fsp3) is 0.0625. The van der Waals surface area contributed by atoms with Crippen molar-refractivity contribution in [1.29, 1.82) is 0 Å². The molecule has 0 spiro atoms. The Morgan fingerprint density at radius 3 is 1.93 bits per heavy atom. The summed E-state index contributed by atoms with van der Waals surface area (Å²) in [5.41, 5.74) is -1.11. The van der Waals surface area contributed by atoms with Gasteiger partial charge in [0.05, 0.1) is 5.71 Å². The first-order chi connectivity index (χ1) is 11.2. The monoisotopic (exact) mass is 416 g/mol. The Morgan fingerprint density at radius 2 is 1.52 bits per heavy atom. The van der Waals surface area contributed by atoms with Gasteiger partial charge in [0.25, 0.3) is 0 Å². The van der Waals surface area contributed by atoms with Crippen molar-refractivity contribution in [3.05, 3.63) is 72.4 Å². The molecule has 126 valence electrons. The topological polar surface area (TPSA) is 137 Å². The van der Waals surface area contributed by atoms with Crippen LogP contribution in [0.4, 0.5) is 4.79 Å². The smallest absolute Gasteiger partial charge is 0.807 e. The van der Waals surface area contributed by atoms with Crippen molar-refractivity contribution < 1.29 is 123 Å². The minimum atomic E-state index is -5.43. The van der Waals surface area contributed by atoms with Crippen molar-refractivity contribution in [3.63, 3.8) is 0 Å². The molecule has 0 fully saturated rings.